The van der Waals surface area contributed by atoms with Gasteiger partial charge in [0.2, 0.25) is 0 Å². The Bertz CT molecular complexity index is 808. The fourth-order valence-corrected chi connectivity index (χ4v) is 3.02. The highest BCUT2D eigenvalue weighted by Crippen LogP contribution is 2.18. The van der Waals surface area contributed by atoms with Crippen LogP contribution in [0, 0.1) is 11.3 Å². The molecule has 0 spiro atoms. The zero-order valence-electron chi connectivity index (χ0n) is 13.9. The van der Waals surface area contributed by atoms with Crippen LogP contribution in [0.15, 0.2) is 41.5 Å². The second-order valence-corrected chi connectivity index (χ2v) is 6.09. The Morgan fingerprint density at radius 1 is 1.25 bits per heavy atom. The number of rotatable bonds is 3. The van der Waals surface area contributed by atoms with Crippen LogP contribution in [-0.4, -0.2) is 40.6 Å². The van der Waals surface area contributed by atoms with Gasteiger partial charge in [-0.25, -0.2) is 4.98 Å². The van der Waals surface area contributed by atoms with Crippen LogP contribution in [0.1, 0.15) is 17.5 Å². The van der Waals surface area contributed by atoms with Crippen molar-refractivity contribution in [3.63, 3.8) is 0 Å². The van der Waals surface area contributed by atoms with E-state index in [0.29, 0.717) is 5.56 Å². The van der Waals surface area contributed by atoms with E-state index in [1.807, 2.05) is 18.3 Å². The molecular formula is C18H21N5O. The van der Waals surface area contributed by atoms with Gasteiger partial charge in [-0.2, -0.15) is 5.26 Å². The van der Waals surface area contributed by atoms with E-state index in [1.54, 1.807) is 29.9 Å². The molecule has 0 bridgehead atoms. The molecule has 1 fully saturated rings. The molecule has 124 valence electrons. The third-order valence-corrected chi connectivity index (χ3v) is 4.37. The molecule has 6 heteroatoms. The van der Waals surface area contributed by atoms with Gasteiger partial charge in [-0.3, -0.25) is 9.69 Å². The lowest BCUT2D eigenvalue weighted by Gasteiger charge is -2.23. The first-order valence-electron chi connectivity index (χ1n) is 8.15. The van der Waals surface area contributed by atoms with Gasteiger partial charge in [0.15, 0.2) is 0 Å². The summed E-state index contributed by atoms with van der Waals surface area (Å²) in [6, 6.07) is 9.53. The molecule has 1 aliphatic rings. The number of nitriles is 1. The van der Waals surface area contributed by atoms with Crippen LogP contribution >= 0.6 is 0 Å². The third kappa shape index (κ3) is 3.63. The summed E-state index contributed by atoms with van der Waals surface area (Å²) >= 11 is 0. The van der Waals surface area contributed by atoms with Gasteiger partial charge < -0.3 is 9.47 Å². The van der Waals surface area contributed by atoms with Crippen LogP contribution in [0.5, 0.6) is 0 Å². The highest BCUT2D eigenvalue weighted by molar-refractivity contribution is 5.53. The summed E-state index contributed by atoms with van der Waals surface area (Å²) in [7, 11) is 1.76. The van der Waals surface area contributed by atoms with E-state index in [2.05, 4.69) is 20.9 Å². The Hall–Kier alpha value is -2.65. The molecule has 0 atom stereocenters. The van der Waals surface area contributed by atoms with Crippen molar-refractivity contribution in [3.8, 4) is 6.07 Å². The molecule has 0 unspecified atom stereocenters. The SMILES string of the molecule is Cn1ccc(CN2CCCN(c3ncccc3C#N)CC2)cc1=O. The van der Waals surface area contributed by atoms with Gasteiger partial charge in [0, 0.05) is 58.2 Å². The molecule has 2 aromatic heterocycles. The van der Waals surface area contributed by atoms with Gasteiger partial charge in [-0.1, -0.05) is 0 Å². The molecule has 2 aromatic rings. The van der Waals surface area contributed by atoms with Crippen LogP contribution in [0.25, 0.3) is 0 Å². The third-order valence-electron chi connectivity index (χ3n) is 4.37. The summed E-state index contributed by atoms with van der Waals surface area (Å²) < 4.78 is 1.58. The van der Waals surface area contributed by atoms with Gasteiger partial charge in [-0.15, -0.1) is 0 Å². The number of hydrogen-bond donors (Lipinski definition) is 0. The lowest BCUT2D eigenvalue weighted by Crippen LogP contribution is -2.31. The Kier molecular flexibility index (Phi) is 4.92. The van der Waals surface area contributed by atoms with Gasteiger partial charge in [0.05, 0.1) is 5.56 Å². The smallest absolute Gasteiger partial charge is 0.250 e. The summed E-state index contributed by atoms with van der Waals surface area (Å²) in [5.41, 5.74) is 1.69. The predicted molar refractivity (Wildman–Crippen MR) is 92.7 cm³/mol. The van der Waals surface area contributed by atoms with Crippen molar-refractivity contribution in [2.75, 3.05) is 31.1 Å². The lowest BCUT2D eigenvalue weighted by atomic mass is 10.2. The van der Waals surface area contributed by atoms with E-state index in [1.165, 1.54) is 0 Å². The second kappa shape index (κ2) is 7.28. The molecule has 3 rings (SSSR count). The van der Waals surface area contributed by atoms with Crippen LogP contribution in [0.3, 0.4) is 0 Å². The Morgan fingerprint density at radius 2 is 2.12 bits per heavy atom. The molecule has 0 aliphatic carbocycles. The largest absolute Gasteiger partial charge is 0.354 e. The molecule has 6 nitrogen and oxygen atoms in total. The molecular weight excluding hydrogens is 302 g/mol. The molecule has 0 saturated carbocycles. The molecule has 1 aliphatic heterocycles. The van der Waals surface area contributed by atoms with Crippen molar-refractivity contribution in [2.24, 2.45) is 7.05 Å². The van der Waals surface area contributed by atoms with Gasteiger partial charge in [0.1, 0.15) is 11.9 Å². The minimum atomic E-state index is 0.0242. The van der Waals surface area contributed by atoms with Gasteiger partial charge >= 0.3 is 0 Å². The zero-order valence-corrected chi connectivity index (χ0v) is 13.9. The first-order valence-corrected chi connectivity index (χ1v) is 8.15. The first-order chi connectivity index (χ1) is 11.7. The topological polar surface area (TPSA) is 65.2 Å². The molecule has 0 N–H and O–H groups in total. The number of anilines is 1. The van der Waals surface area contributed by atoms with Crippen molar-refractivity contribution in [3.05, 3.63) is 58.1 Å². The van der Waals surface area contributed by atoms with Crippen molar-refractivity contribution < 1.29 is 0 Å². The normalized spacial score (nSPS) is 15.8. The molecule has 24 heavy (non-hydrogen) atoms. The minimum absolute atomic E-state index is 0.0242. The van der Waals surface area contributed by atoms with E-state index in [4.69, 9.17) is 0 Å². The van der Waals surface area contributed by atoms with Crippen molar-refractivity contribution in [1.29, 1.82) is 5.26 Å². The summed E-state index contributed by atoms with van der Waals surface area (Å²) in [6.07, 6.45) is 4.56. The van der Waals surface area contributed by atoms with Gasteiger partial charge in [0.25, 0.3) is 5.56 Å². The summed E-state index contributed by atoms with van der Waals surface area (Å²) in [5.74, 6) is 0.774. The molecule has 0 radical (unpaired) electrons. The van der Waals surface area contributed by atoms with E-state index >= 15 is 0 Å². The average molecular weight is 323 g/mol. The van der Waals surface area contributed by atoms with Gasteiger partial charge in [-0.05, 0) is 30.2 Å². The lowest BCUT2D eigenvalue weighted by molar-refractivity contribution is 0.285. The Balaban J connectivity index is 1.68. The molecule has 3 heterocycles. The molecule has 1 saturated heterocycles. The summed E-state index contributed by atoms with van der Waals surface area (Å²) in [4.78, 5) is 20.7. The van der Waals surface area contributed by atoms with E-state index in [-0.39, 0.29) is 5.56 Å². The van der Waals surface area contributed by atoms with Crippen LogP contribution < -0.4 is 10.5 Å². The van der Waals surface area contributed by atoms with E-state index in [0.717, 1.165) is 50.5 Å². The quantitative estimate of drug-likeness (QED) is 0.853. The van der Waals surface area contributed by atoms with Crippen LogP contribution in [0.4, 0.5) is 5.82 Å². The van der Waals surface area contributed by atoms with E-state index in [9.17, 15) is 10.1 Å². The Labute approximate surface area is 141 Å². The standard InChI is InChI=1S/C18H21N5O/c1-21-9-5-15(12-17(21)24)14-22-7-3-8-23(11-10-22)18-16(13-19)4-2-6-20-18/h2,4-6,9,12H,3,7-8,10-11,14H2,1H3. The highest BCUT2D eigenvalue weighted by atomic mass is 16.1. The number of pyridine rings is 2. The summed E-state index contributed by atoms with van der Waals surface area (Å²) in [5, 5.41) is 9.26. The fourth-order valence-electron chi connectivity index (χ4n) is 3.02. The monoisotopic (exact) mass is 323 g/mol. The fraction of sp³-hybridized carbons (Fsp3) is 0.389. The minimum Gasteiger partial charge on any atom is -0.354 e. The molecule has 0 amide bonds. The van der Waals surface area contributed by atoms with Crippen molar-refractivity contribution in [2.45, 2.75) is 13.0 Å². The number of hydrogen-bond acceptors (Lipinski definition) is 5. The highest BCUT2D eigenvalue weighted by Gasteiger charge is 2.18. The molecule has 0 aromatic carbocycles. The number of aryl methyl sites for hydroxylation is 1. The maximum absolute atomic E-state index is 11.8. The van der Waals surface area contributed by atoms with Crippen LogP contribution in [-0.2, 0) is 13.6 Å². The Morgan fingerprint density at radius 3 is 2.92 bits per heavy atom. The number of aromatic nitrogens is 2. The zero-order chi connectivity index (χ0) is 16.9. The second-order valence-electron chi connectivity index (χ2n) is 6.09. The van der Waals surface area contributed by atoms with E-state index < -0.39 is 0 Å². The van der Waals surface area contributed by atoms with Crippen molar-refractivity contribution >= 4 is 5.82 Å². The maximum atomic E-state index is 11.8. The predicted octanol–water partition coefficient (Wildman–Crippen LogP) is 1.36. The van der Waals surface area contributed by atoms with Crippen LogP contribution in [0.2, 0.25) is 0 Å². The number of nitrogens with zero attached hydrogens (tertiary/aromatic N) is 5. The maximum Gasteiger partial charge on any atom is 0.250 e. The average Bonchev–Trinajstić information content (AvgIpc) is 2.84. The first kappa shape index (κ1) is 16.2. The van der Waals surface area contributed by atoms with Crippen molar-refractivity contribution in [1.82, 2.24) is 14.5 Å². The summed E-state index contributed by atoms with van der Waals surface area (Å²) in [6.45, 7) is 4.35.